The maximum absolute atomic E-state index is 13.8. The van der Waals surface area contributed by atoms with Crippen LogP contribution in [-0.4, -0.2) is 68.0 Å². The third kappa shape index (κ3) is 7.04. The molecule has 0 radical (unpaired) electrons. The van der Waals surface area contributed by atoms with Crippen molar-refractivity contribution in [2.75, 3.05) is 31.5 Å². The summed E-state index contributed by atoms with van der Waals surface area (Å²) in [6.45, 7) is 7.66. The molecule has 2 aromatic carbocycles. The van der Waals surface area contributed by atoms with Crippen LogP contribution in [0.3, 0.4) is 0 Å². The van der Waals surface area contributed by atoms with E-state index in [4.69, 9.17) is 4.74 Å². The second-order valence-corrected chi connectivity index (χ2v) is 14.1. The molecule has 2 fully saturated rings. The Morgan fingerprint density at radius 1 is 1.00 bits per heavy atom. The van der Waals surface area contributed by atoms with Gasteiger partial charge in [0.15, 0.2) is 0 Å². The van der Waals surface area contributed by atoms with Gasteiger partial charge < -0.3 is 19.9 Å². The molecular weight excluding hydrogens is 540 g/mol. The number of rotatable bonds is 5. The van der Waals surface area contributed by atoms with Crippen molar-refractivity contribution < 1.29 is 22.7 Å². The number of ether oxygens (including phenoxy) is 1. The Kier molecular flexibility index (Phi) is 8.61. The van der Waals surface area contributed by atoms with Gasteiger partial charge in [0, 0.05) is 43.8 Å². The molecule has 1 saturated heterocycles. The van der Waals surface area contributed by atoms with Gasteiger partial charge in [0.05, 0.1) is 10.9 Å². The van der Waals surface area contributed by atoms with Crippen LogP contribution < -0.4 is 10.0 Å². The Morgan fingerprint density at radius 3 is 2.44 bits per heavy atom. The first-order valence-electron chi connectivity index (χ1n) is 14.7. The summed E-state index contributed by atoms with van der Waals surface area (Å²) in [5.74, 6) is -0.101. The van der Waals surface area contributed by atoms with Crippen molar-refractivity contribution in [3.8, 4) is 0 Å². The summed E-state index contributed by atoms with van der Waals surface area (Å²) in [6.07, 6.45) is 3.94. The number of hydrogen-bond acceptors (Lipinski definition) is 6. The van der Waals surface area contributed by atoms with Gasteiger partial charge in [-0.15, -0.1) is 0 Å². The van der Waals surface area contributed by atoms with Crippen LogP contribution in [0.15, 0.2) is 53.4 Å². The predicted octanol–water partition coefficient (Wildman–Crippen LogP) is 4.70. The van der Waals surface area contributed by atoms with E-state index in [1.807, 2.05) is 62.1 Å². The van der Waals surface area contributed by atoms with Crippen LogP contribution in [0.1, 0.15) is 70.0 Å². The second kappa shape index (κ2) is 12.0. The van der Waals surface area contributed by atoms with E-state index < -0.39 is 15.6 Å². The number of carbonyl (C=O) groups excluding carboxylic acids is 2. The average Bonchev–Trinajstić information content (AvgIpc) is 2.96. The van der Waals surface area contributed by atoms with Crippen LogP contribution >= 0.6 is 0 Å². The molecule has 2 amide bonds. The standard InChI is InChI=1S/C31H42N4O5S/c1-31(2,3)40-30(37)34-18-19-35(28(21-34)22-8-5-4-6-9-22)29(36)23-11-13-25(14-12-23)33-41(38,39)26-15-16-27-24(20-26)10-7-17-32-27/h4-6,8-9,15-16,20,23,25,28,32-33H,7,10-14,17-19,21H2,1-3H3. The lowest BCUT2D eigenvalue weighted by molar-refractivity contribution is -0.142. The first-order chi connectivity index (χ1) is 19.5. The second-order valence-electron chi connectivity index (χ2n) is 12.4. The van der Waals surface area contributed by atoms with Gasteiger partial charge in [-0.2, -0.15) is 0 Å². The first-order valence-corrected chi connectivity index (χ1v) is 16.2. The molecule has 9 nitrogen and oxygen atoms in total. The van der Waals surface area contributed by atoms with Gasteiger partial charge in [0.2, 0.25) is 15.9 Å². The number of anilines is 1. The number of amides is 2. The van der Waals surface area contributed by atoms with E-state index in [0.717, 1.165) is 36.2 Å². The van der Waals surface area contributed by atoms with E-state index in [1.54, 1.807) is 17.0 Å². The molecular formula is C31H42N4O5S. The Labute approximate surface area is 243 Å². The minimum Gasteiger partial charge on any atom is -0.444 e. The molecule has 222 valence electrons. The summed E-state index contributed by atoms with van der Waals surface area (Å²) in [7, 11) is -3.65. The number of aryl methyl sites for hydroxylation is 1. The zero-order valence-corrected chi connectivity index (χ0v) is 25.1. The predicted molar refractivity (Wildman–Crippen MR) is 158 cm³/mol. The van der Waals surface area contributed by atoms with Crippen LogP contribution in [0.5, 0.6) is 0 Å². The summed E-state index contributed by atoms with van der Waals surface area (Å²) in [5.41, 5.74) is 2.43. The van der Waals surface area contributed by atoms with Gasteiger partial charge in [-0.05, 0) is 88.6 Å². The van der Waals surface area contributed by atoms with E-state index in [-0.39, 0.29) is 30.0 Å². The summed E-state index contributed by atoms with van der Waals surface area (Å²) >= 11 is 0. The third-order valence-corrected chi connectivity index (χ3v) is 9.74. The lowest BCUT2D eigenvalue weighted by atomic mass is 9.85. The number of fused-ring (bicyclic) bond motifs is 1. The Balaban J connectivity index is 1.22. The van der Waals surface area contributed by atoms with Crippen molar-refractivity contribution in [1.29, 1.82) is 0 Å². The molecule has 3 aliphatic rings. The summed E-state index contributed by atoms with van der Waals surface area (Å²) < 4.78 is 34.9. The first kappa shape index (κ1) is 29.4. The number of sulfonamides is 1. The van der Waals surface area contributed by atoms with Crippen molar-refractivity contribution in [2.24, 2.45) is 5.92 Å². The molecule has 41 heavy (non-hydrogen) atoms. The van der Waals surface area contributed by atoms with Crippen LogP contribution in [0.4, 0.5) is 10.5 Å². The van der Waals surface area contributed by atoms with Crippen LogP contribution in [-0.2, 0) is 26.0 Å². The fourth-order valence-corrected chi connectivity index (χ4v) is 7.45. The summed E-state index contributed by atoms with van der Waals surface area (Å²) in [6, 6.07) is 14.6. The van der Waals surface area contributed by atoms with Crippen molar-refractivity contribution in [3.63, 3.8) is 0 Å². The molecule has 1 unspecified atom stereocenters. The van der Waals surface area contributed by atoms with Gasteiger partial charge in [0.1, 0.15) is 5.60 Å². The maximum atomic E-state index is 13.8. The number of piperazine rings is 1. The van der Waals surface area contributed by atoms with Gasteiger partial charge in [0.25, 0.3) is 0 Å². The molecule has 1 saturated carbocycles. The average molecular weight is 583 g/mol. The number of hydrogen-bond donors (Lipinski definition) is 2. The van der Waals surface area contributed by atoms with Gasteiger partial charge in [-0.1, -0.05) is 30.3 Å². The van der Waals surface area contributed by atoms with Crippen LogP contribution in [0, 0.1) is 5.92 Å². The molecule has 2 heterocycles. The molecule has 1 aliphatic carbocycles. The van der Waals surface area contributed by atoms with E-state index in [9.17, 15) is 18.0 Å². The molecule has 2 N–H and O–H groups in total. The lowest BCUT2D eigenvalue weighted by Crippen LogP contribution is -2.54. The molecule has 2 aliphatic heterocycles. The number of benzene rings is 2. The normalized spacial score (nSPS) is 23.3. The van der Waals surface area contributed by atoms with Crippen molar-refractivity contribution in [2.45, 2.75) is 81.9 Å². The largest absolute Gasteiger partial charge is 0.444 e. The highest BCUT2D eigenvalue weighted by Crippen LogP contribution is 2.33. The van der Waals surface area contributed by atoms with Crippen LogP contribution in [0.2, 0.25) is 0 Å². The topological polar surface area (TPSA) is 108 Å². The molecule has 2 aromatic rings. The molecule has 5 rings (SSSR count). The minimum absolute atomic E-state index is 0.0752. The smallest absolute Gasteiger partial charge is 0.410 e. The quantitative estimate of drug-likeness (QED) is 0.529. The fraction of sp³-hybridized carbons (Fsp3) is 0.548. The highest BCUT2D eigenvalue weighted by Gasteiger charge is 2.39. The van der Waals surface area contributed by atoms with E-state index in [0.29, 0.717) is 50.2 Å². The molecule has 0 bridgehead atoms. The Morgan fingerprint density at radius 2 is 1.73 bits per heavy atom. The molecule has 0 spiro atoms. The number of nitrogens with zero attached hydrogens (tertiary/aromatic N) is 2. The lowest BCUT2D eigenvalue weighted by Gasteiger charge is -2.43. The number of nitrogens with one attached hydrogen (secondary N) is 2. The Hall–Kier alpha value is -3.11. The van der Waals surface area contributed by atoms with Gasteiger partial charge in [-0.3, -0.25) is 4.79 Å². The minimum atomic E-state index is -3.65. The molecule has 10 heteroatoms. The summed E-state index contributed by atoms with van der Waals surface area (Å²) in [4.78, 5) is 30.6. The van der Waals surface area contributed by atoms with Crippen LogP contribution in [0.25, 0.3) is 0 Å². The van der Waals surface area contributed by atoms with Crippen molar-refractivity contribution in [1.82, 2.24) is 14.5 Å². The van der Waals surface area contributed by atoms with E-state index >= 15 is 0 Å². The third-order valence-electron chi connectivity index (χ3n) is 8.22. The van der Waals surface area contributed by atoms with E-state index in [2.05, 4.69) is 10.0 Å². The van der Waals surface area contributed by atoms with Gasteiger partial charge >= 0.3 is 6.09 Å². The van der Waals surface area contributed by atoms with E-state index in [1.165, 1.54) is 0 Å². The zero-order valence-electron chi connectivity index (χ0n) is 24.3. The molecule has 0 aromatic heterocycles. The van der Waals surface area contributed by atoms with Crippen molar-refractivity contribution >= 4 is 27.7 Å². The zero-order chi connectivity index (χ0) is 29.2. The van der Waals surface area contributed by atoms with Crippen molar-refractivity contribution in [3.05, 3.63) is 59.7 Å². The number of carbonyl (C=O) groups is 2. The summed E-state index contributed by atoms with van der Waals surface area (Å²) in [5, 5.41) is 3.32. The highest BCUT2D eigenvalue weighted by atomic mass is 32.2. The highest BCUT2D eigenvalue weighted by molar-refractivity contribution is 7.89. The fourth-order valence-electron chi connectivity index (χ4n) is 6.10. The monoisotopic (exact) mass is 582 g/mol. The maximum Gasteiger partial charge on any atom is 0.410 e. The SMILES string of the molecule is CC(C)(C)OC(=O)N1CCN(C(=O)C2CCC(NS(=O)(=O)c3ccc4c(c3)CCCN4)CC2)C(c2ccccc2)C1. The van der Waals surface area contributed by atoms with Gasteiger partial charge in [-0.25, -0.2) is 17.9 Å². The Bertz CT molecular complexity index is 1350. The molecule has 1 atom stereocenters.